The van der Waals surface area contributed by atoms with Crippen molar-refractivity contribution in [3.63, 3.8) is 0 Å². The van der Waals surface area contributed by atoms with Gasteiger partial charge in [0.25, 0.3) is 0 Å². The lowest BCUT2D eigenvalue weighted by molar-refractivity contribution is -0.194. The molecule has 0 saturated heterocycles. The van der Waals surface area contributed by atoms with Crippen LogP contribution in [0.25, 0.3) is 0 Å². The van der Waals surface area contributed by atoms with Gasteiger partial charge in [0.1, 0.15) is 6.10 Å². The Morgan fingerprint density at radius 3 is 2.52 bits per heavy atom. The Morgan fingerprint density at radius 1 is 1.24 bits per heavy atom. The van der Waals surface area contributed by atoms with Crippen LogP contribution in [0.2, 0.25) is 0 Å². The minimum absolute atomic E-state index is 0.114. The largest absolute Gasteiger partial charge is 0.462 e. The number of alkyl halides is 3. The molecule has 0 aliphatic heterocycles. The standard InChI is InChI=1S/C16H19F3O2/c1-11(12-6-3-2-4-7-12)15(20)21-14-9-5-8-13(10-14)16(17,18)19/h2-4,6-7,11,13-14H,5,8-10H2,1H3/t11-,13+,14+/m1/s1. The van der Waals surface area contributed by atoms with E-state index in [4.69, 9.17) is 4.74 Å². The molecule has 0 spiro atoms. The molecule has 1 aliphatic carbocycles. The Morgan fingerprint density at radius 2 is 1.90 bits per heavy atom. The molecule has 116 valence electrons. The highest BCUT2D eigenvalue weighted by Gasteiger charge is 2.43. The SMILES string of the molecule is C[C@@H](C(=O)O[C@H]1CCC[C@H](C(F)(F)F)C1)c1ccccc1. The Bertz CT molecular complexity index is 470. The quantitative estimate of drug-likeness (QED) is 0.771. The monoisotopic (exact) mass is 300 g/mol. The first-order valence-corrected chi connectivity index (χ1v) is 7.20. The number of esters is 1. The summed E-state index contributed by atoms with van der Waals surface area (Å²) in [6.07, 6.45) is -3.84. The first-order valence-electron chi connectivity index (χ1n) is 7.20. The van der Waals surface area contributed by atoms with Crippen LogP contribution in [0.4, 0.5) is 13.2 Å². The molecule has 5 heteroatoms. The maximum Gasteiger partial charge on any atom is 0.391 e. The summed E-state index contributed by atoms with van der Waals surface area (Å²) < 4.78 is 43.5. The van der Waals surface area contributed by atoms with Crippen LogP contribution in [0, 0.1) is 5.92 Å². The van der Waals surface area contributed by atoms with Gasteiger partial charge in [0.15, 0.2) is 0 Å². The summed E-state index contributed by atoms with van der Waals surface area (Å²) in [6, 6.07) is 9.10. The maximum atomic E-state index is 12.7. The normalized spacial score (nSPS) is 24.4. The van der Waals surface area contributed by atoms with Gasteiger partial charge in [-0.15, -0.1) is 0 Å². The molecule has 2 rings (SSSR count). The van der Waals surface area contributed by atoms with E-state index in [9.17, 15) is 18.0 Å². The van der Waals surface area contributed by atoms with E-state index >= 15 is 0 Å². The minimum atomic E-state index is -4.20. The Hall–Kier alpha value is -1.52. The van der Waals surface area contributed by atoms with Crippen molar-refractivity contribution in [2.45, 2.75) is 50.8 Å². The molecular weight excluding hydrogens is 281 g/mol. The summed E-state index contributed by atoms with van der Waals surface area (Å²) in [4.78, 5) is 12.1. The van der Waals surface area contributed by atoms with Gasteiger partial charge in [0, 0.05) is 0 Å². The van der Waals surface area contributed by atoms with E-state index in [1.54, 1.807) is 6.92 Å². The van der Waals surface area contributed by atoms with E-state index in [-0.39, 0.29) is 12.8 Å². The minimum Gasteiger partial charge on any atom is -0.462 e. The molecule has 1 aromatic carbocycles. The average Bonchev–Trinajstić information content (AvgIpc) is 2.47. The van der Waals surface area contributed by atoms with Gasteiger partial charge in [0.05, 0.1) is 11.8 Å². The average molecular weight is 300 g/mol. The van der Waals surface area contributed by atoms with Gasteiger partial charge in [-0.25, -0.2) is 0 Å². The van der Waals surface area contributed by atoms with Crippen molar-refractivity contribution in [1.82, 2.24) is 0 Å². The van der Waals surface area contributed by atoms with Crippen molar-refractivity contribution in [2.24, 2.45) is 5.92 Å². The third-order valence-corrected chi connectivity index (χ3v) is 4.02. The molecular formula is C16H19F3O2. The molecule has 0 aromatic heterocycles. The zero-order chi connectivity index (χ0) is 15.5. The lowest BCUT2D eigenvalue weighted by atomic mass is 9.86. The smallest absolute Gasteiger partial charge is 0.391 e. The van der Waals surface area contributed by atoms with Gasteiger partial charge >= 0.3 is 12.1 Å². The van der Waals surface area contributed by atoms with E-state index in [0.717, 1.165) is 5.56 Å². The predicted octanol–water partition coefficient (Wildman–Crippen LogP) is 4.45. The van der Waals surface area contributed by atoms with Gasteiger partial charge < -0.3 is 4.74 Å². The third kappa shape index (κ3) is 4.22. The molecule has 0 bridgehead atoms. The van der Waals surface area contributed by atoms with Crippen molar-refractivity contribution in [1.29, 1.82) is 0 Å². The molecule has 0 heterocycles. The van der Waals surface area contributed by atoms with E-state index in [2.05, 4.69) is 0 Å². The summed E-state index contributed by atoms with van der Waals surface area (Å²) in [5.41, 5.74) is 0.811. The summed E-state index contributed by atoms with van der Waals surface area (Å²) >= 11 is 0. The maximum absolute atomic E-state index is 12.7. The molecule has 1 aliphatic rings. The molecule has 0 radical (unpaired) electrons. The fourth-order valence-electron chi connectivity index (χ4n) is 2.69. The molecule has 2 nitrogen and oxygen atoms in total. The number of carbonyl (C=O) groups excluding carboxylic acids is 1. The number of hydrogen-bond donors (Lipinski definition) is 0. The van der Waals surface area contributed by atoms with Crippen molar-refractivity contribution in [3.8, 4) is 0 Å². The first kappa shape index (κ1) is 15.9. The Kier molecular flexibility index (Phi) is 4.91. The molecule has 3 atom stereocenters. The lowest BCUT2D eigenvalue weighted by Gasteiger charge is -2.30. The zero-order valence-corrected chi connectivity index (χ0v) is 11.9. The molecule has 1 fully saturated rings. The van der Waals surface area contributed by atoms with Crippen LogP contribution < -0.4 is 0 Å². The van der Waals surface area contributed by atoms with Crippen LogP contribution in [0.5, 0.6) is 0 Å². The van der Waals surface area contributed by atoms with Crippen LogP contribution in [0.1, 0.15) is 44.1 Å². The number of rotatable bonds is 3. The zero-order valence-electron chi connectivity index (χ0n) is 11.9. The van der Waals surface area contributed by atoms with Gasteiger partial charge in [-0.1, -0.05) is 30.3 Å². The Balaban J connectivity index is 1.93. The highest BCUT2D eigenvalue weighted by atomic mass is 19.4. The van der Waals surface area contributed by atoms with E-state index in [0.29, 0.717) is 12.8 Å². The lowest BCUT2D eigenvalue weighted by Crippen LogP contribution is -2.34. The highest BCUT2D eigenvalue weighted by molar-refractivity contribution is 5.77. The molecule has 1 saturated carbocycles. The van der Waals surface area contributed by atoms with Gasteiger partial charge in [-0.2, -0.15) is 13.2 Å². The van der Waals surface area contributed by atoms with Crippen molar-refractivity contribution >= 4 is 5.97 Å². The van der Waals surface area contributed by atoms with Crippen molar-refractivity contribution < 1.29 is 22.7 Å². The van der Waals surface area contributed by atoms with Crippen LogP contribution >= 0.6 is 0 Å². The molecule has 21 heavy (non-hydrogen) atoms. The van der Waals surface area contributed by atoms with Crippen LogP contribution in [-0.4, -0.2) is 18.2 Å². The Labute approximate surface area is 122 Å². The summed E-state index contributed by atoms with van der Waals surface area (Å²) in [6.45, 7) is 1.71. The number of carbonyl (C=O) groups is 1. The van der Waals surface area contributed by atoms with Gasteiger partial charge in [-0.05, 0) is 38.2 Å². The van der Waals surface area contributed by atoms with E-state index in [1.165, 1.54) is 0 Å². The second-order valence-electron chi connectivity index (χ2n) is 5.60. The second-order valence-corrected chi connectivity index (χ2v) is 5.60. The van der Waals surface area contributed by atoms with Crippen LogP contribution in [-0.2, 0) is 9.53 Å². The highest BCUT2D eigenvalue weighted by Crippen LogP contribution is 2.38. The fraction of sp³-hybridized carbons (Fsp3) is 0.562. The van der Waals surface area contributed by atoms with E-state index in [1.807, 2.05) is 30.3 Å². The van der Waals surface area contributed by atoms with Gasteiger partial charge in [-0.3, -0.25) is 4.79 Å². The van der Waals surface area contributed by atoms with Crippen LogP contribution in [0.3, 0.4) is 0 Å². The number of hydrogen-bond acceptors (Lipinski definition) is 2. The fourth-order valence-corrected chi connectivity index (χ4v) is 2.69. The summed E-state index contributed by atoms with van der Waals surface area (Å²) in [7, 11) is 0. The van der Waals surface area contributed by atoms with Gasteiger partial charge in [0.2, 0.25) is 0 Å². The molecule has 1 aromatic rings. The van der Waals surface area contributed by atoms with E-state index < -0.39 is 30.1 Å². The summed E-state index contributed by atoms with van der Waals surface area (Å²) in [5, 5.41) is 0. The number of ether oxygens (including phenoxy) is 1. The van der Waals surface area contributed by atoms with Crippen molar-refractivity contribution in [3.05, 3.63) is 35.9 Å². The van der Waals surface area contributed by atoms with Crippen LogP contribution in [0.15, 0.2) is 30.3 Å². The van der Waals surface area contributed by atoms with Crippen molar-refractivity contribution in [2.75, 3.05) is 0 Å². The topological polar surface area (TPSA) is 26.3 Å². The predicted molar refractivity (Wildman–Crippen MR) is 72.8 cm³/mol. The molecule has 0 N–H and O–H groups in total. The number of halogens is 3. The molecule has 0 amide bonds. The second kappa shape index (κ2) is 6.50. The summed E-state index contributed by atoms with van der Waals surface area (Å²) in [5.74, 6) is -2.26. The number of benzene rings is 1. The molecule has 0 unspecified atom stereocenters. The third-order valence-electron chi connectivity index (χ3n) is 4.02. The first-order chi connectivity index (χ1) is 9.88.